The van der Waals surface area contributed by atoms with Gasteiger partial charge in [-0.05, 0) is 43.6 Å². The van der Waals surface area contributed by atoms with Crippen LogP contribution in [0.3, 0.4) is 0 Å². The van der Waals surface area contributed by atoms with Crippen LogP contribution in [-0.4, -0.2) is 10.8 Å². The highest BCUT2D eigenvalue weighted by Gasteiger charge is 2.52. The second kappa shape index (κ2) is 5.91. The lowest BCUT2D eigenvalue weighted by Crippen LogP contribution is -2.16. The van der Waals surface area contributed by atoms with Crippen molar-refractivity contribution in [3.8, 4) is 0 Å². The second-order valence-electron chi connectivity index (χ2n) is 6.23. The summed E-state index contributed by atoms with van der Waals surface area (Å²) in [5.41, 5.74) is 1.39. The summed E-state index contributed by atoms with van der Waals surface area (Å²) in [6.45, 7) is 1.84. The van der Waals surface area contributed by atoms with E-state index in [4.69, 9.17) is 0 Å². The van der Waals surface area contributed by atoms with Crippen molar-refractivity contribution in [3.05, 3.63) is 46.0 Å². The first-order valence-corrected chi connectivity index (χ1v) is 7.80. The van der Waals surface area contributed by atoms with Crippen molar-refractivity contribution in [2.24, 2.45) is 17.8 Å². The number of anilines is 1. The minimum atomic E-state index is -0.441. The molecule has 5 heteroatoms. The number of non-ortho nitro benzene ring substituents is 1. The number of nitro benzene ring substituents is 1. The number of amides is 1. The predicted octanol–water partition coefficient (Wildman–Crippen LogP) is 3.83. The second-order valence-corrected chi connectivity index (χ2v) is 6.23. The Bertz CT molecular complexity index is 639. The lowest BCUT2D eigenvalue weighted by molar-refractivity contribution is -0.384. The summed E-state index contributed by atoms with van der Waals surface area (Å²) in [4.78, 5) is 22.9. The zero-order chi connectivity index (χ0) is 15.7. The van der Waals surface area contributed by atoms with Gasteiger partial charge in [0.1, 0.15) is 0 Å². The number of aryl methyl sites for hydroxylation is 1. The Balaban J connectivity index is 1.72. The van der Waals surface area contributed by atoms with Crippen molar-refractivity contribution in [1.29, 1.82) is 0 Å². The summed E-state index contributed by atoms with van der Waals surface area (Å²) in [7, 11) is 0. The first kappa shape index (κ1) is 14.8. The number of allylic oxidation sites excluding steroid dienone is 2. The Hall–Kier alpha value is -2.17. The third kappa shape index (κ3) is 2.89. The molecule has 1 amide bonds. The normalized spacial score (nSPS) is 26.5. The molecular weight excluding hydrogens is 280 g/mol. The molecule has 1 N–H and O–H groups in total. The van der Waals surface area contributed by atoms with Gasteiger partial charge in [-0.3, -0.25) is 14.9 Å². The van der Waals surface area contributed by atoms with Crippen molar-refractivity contribution in [3.63, 3.8) is 0 Å². The van der Waals surface area contributed by atoms with E-state index in [1.54, 1.807) is 6.07 Å². The maximum absolute atomic E-state index is 12.5. The molecule has 0 bridgehead atoms. The third-order valence-electron chi connectivity index (χ3n) is 4.74. The van der Waals surface area contributed by atoms with Gasteiger partial charge < -0.3 is 5.32 Å². The molecule has 3 rings (SSSR count). The van der Waals surface area contributed by atoms with Crippen LogP contribution in [0.25, 0.3) is 0 Å². The van der Waals surface area contributed by atoms with Crippen molar-refractivity contribution in [2.75, 3.05) is 5.32 Å². The van der Waals surface area contributed by atoms with Crippen LogP contribution < -0.4 is 5.32 Å². The van der Waals surface area contributed by atoms with Crippen molar-refractivity contribution < 1.29 is 9.72 Å². The monoisotopic (exact) mass is 300 g/mol. The number of hydrogen-bond donors (Lipinski definition) is 1. The highest BCUT2D eigenvalue weighted by molar-refractivity contribution is 5.96. The number of fused-ring (bicyclic) bond motifs is 1. The van der Waals surface area contributed by atoms with Crippen molar-refractivity contribution >= 4 is 17.3 Å². The first-order valence-electron chi connectivity index (χ1n) is 7.80. The average molecular weight is 300 g/mol. The van der Waals surface area contributed by atoms with Crippen LogP contribution in [0.2, 0.25) is 0 Å². The summed E-state index contributed by atoms with van der Waals surface area (Å²) in [5, 5.41) is 13.7. The van der Waals surface area contributed by atoms with Crippen LogP contribution in [-0.2, 0) is 4.79 Å². The summed E-state index contributed by atoms with van der Waals surface area (Å²) in [6.07, 6.45) is 8.92. The van der Waals surface area contributed by atoms with Gasteiger partial charge in [0.25, 0.3) is 5.69 Å². The molecule has 1 aromatic carbocycles. The van der Waals surface area contributed by atoms with Gasteiger partial charge >= 0.3 is 0 Å². The molecule has 1 fully saturated rings. The Morgan fingerprint density at radius 3 is 2.95 bits per heavy atom. The van der Waals surface area contributed by atoms with E-state index in [1.807, 2.05) is 6.92 Å². The molecule has 0 heterocycles. The van der Waals surface area contributed by atoms with Crippen molar-refractivity contribution in [1.82, 2.24) is 0 Å². The maximum Gasteiger partial charge on any atom is 0.271 e. The van der Waals surface area contributed by atoms with E-state index in [2.05, 4.69) is 17.5 Å². The van der Waals surface area contributed by atoms with E-state index in [9.17, 15) is 14.9 Å². The molecule has 1 aromatic rings. The fraction of sp³-hybridized carbons (Fsp3) is 0.471. The number of nitrogens with one attached hydrogen (secondary N) is 1. The molecule has 5 nitrogen and oxygen atoms in total. The first-order chi connectivity index (χ1) is 10.6. The number of nitro groups is 1. The molecule has 1 saturated carbocycles. The summed E-state index contributed by atoms with van der Waals surface area (Å²) in [6, 6.07) is 4.57. The summed E-state index contributed by atoms with van der Waals surface area (Å²) >= 11 is 0. The standard InChI is InChI=1S/C17H20N2O3/c1-11-8-9-12(19(21)22)10-15(11)18-17(20)16-13-6-4-2-3-5-7-14(13)16/h4,6,8-10,13-14,16H,2-3,5,7H2,1H3,(H,18,20). The lowest BCUT2D eigenvalue weighted by Gasteiger charge is -2.08. The van der Waals surface area contributed by atoms with E-state index in [0.29, 0.717) is 17.5 Å². The molecule has 0 radical (unpaired) electrons. The van der Waals surface area contributed by atoms with E-state index in [1.165, 1.54) is 25.0 Å². The smallest absolute Gasteiger partial charge is 0.271 e. The molecule has 0 saturated heterocycles. The Morgan fingerprint density at radius 2 is 2.18 bits per heavy atom. The Morgan fingerprint density at radius 1 is 1.36 bits per heavy atom. The van der Waals surface area contributed by atoms with E-state index in [-0.39, 0.29) is 17.5 Å². The molecule has 3 unspecified atom stereocenters. The van der Waals surface area contributed by atoms with Gasteiger partial charge in [-0.2, -0.15) is 0 Å². The molecule has 2 aliphatic carbocycles. The molecular formula is C17H20N2O3. The Kier molecular flexibility index (Phi) is 3.96. The highest BCUT2D eigenvalue weighted by Crippen LogP contribution is 2.51. The summed E-state index contributed by atoms with van der Waals surface area (Å²) < 4.78 is 0. The van der Waals surface area contributed by atoms with Crippen molar-refractivity contribution in [2.45, 2.75) is 32.6 Å². The minimum absolute atomic E-state index is 0.00242. The number of rotatable bonds is 3. The molecule has 0 aromatic heterocycles. The van der Waals surface area contributed by atoms with Gasteiger partial charge in [0.05, 0.1) is 10.6 Å². The third-order valence-corrected chi connectivity index (χ3v) is 4.74. The fourth-order valence-corrected chi connectivity index (χ4v) is 3.37. The maximum atomic E-state index is 12.5. The fourth-order valence-electron chi connectivity index (χ4n) is 3.37. The quantitative estimate of drug-likeness (QED) is 0.524. The van der Waals surface area contributed by atoms with Gasteiger partial charge in [0.2, 0.25) is 5.91 Å². The van der Waals surface area contributed by atoms with Gasteiger partial charge in [-0.15, -0.1) is 0 Å². The molecule has 0 aliphatic heterocycles. The molecule has 22 heavy (non-hydrogen) atoms. The summed E-state index contributed by atoms with van der Waals surface area (Å²) in [5.74, 6) is 0.799. The highest BCUT2D eigenvalue weighted by atomic mass is 16.6. The van der Waals surface area contributed by atoms with Crippen LogP contribution in [0.4, 0.5) is 11.4 Å². The van der Waals surface area contributed by atoms with Gasteiger partial charge in [-0.1, -0.05) is 24.6 Å². The van der Waals surface area contributed by atoms with E-state index >= 15 is 0 Å². The van der Waals surface area contributed by atoms with Crippen LogP contribution >= 0.6 is 0 Å². The number of carbonyl (C=O) groups is 1. The number of carbonyl (C=O) groups excluding carboxylic acids is 1. The number of benzene rings is 1. The molecule has 116 valence electrons. The SMILES string of the molecule is Cc1ccc([N+](=O)[O-])cc1NC(=O)C1C2C=CCCCCC21. The van der Waals surface area contributed by atoms with Gasteiger partial charge in [0, 0.05) is 18.1 Å². The zero-order valence-electron chi connectivity index (χ0n) is 12.6. The molecule has 2 aliphatic rings. The van der Waals surface area contributed by atoms with E-state index < -0.39 is 4.92 Å². The Labute approximate surface area is 129 Å². The number of nitrogens with zero attached hydrogens (tertiary/aromatic N) is 1. The van der Waals surface area contributed by atoms with Gasteiger partial charge in [0.15, 0.2) is 0 Å². The van der Waals surface area contributed by atoms with Crippen LogP contribution in [0, 0.1) is 34.8 Å². The molecule has 3 atom stereocenters. The average Bonchev–Trinajstić information content (AvgIpc) is 3.12. The van der Waals surface area contributed by atoms with Crippen LogP contribution in [0.15, 0.2) is 30.4 Å². The van der Waals surface area contributed by atoms with Crippen LogP contribution in [0.5, 0.6) is 0 Å². The zero-order valence-corrected chi connectivity index (χ0v) is 12.6. The van der Waals surface area contributed by atoms with Gasteiger partial charge in [-0.25, -0.2) is 0 Å². The lowest BCUT2D eigenvalue weighted by atomic mass is 10.1. The number of hydrogen-bond acceptors (Lipinski definition) is 3. The van der Waals surface area contributed by atoms with Crippen LogP contribution in [0.1, 0.15) is 31.2 Å². The molecule has 0 spiro atoms. The minimum Gasteiger partial charge on any atom is -0.325 e. The predicted molar refractivity (Wildman–Crippen MR) is 84.5 cm³/mol. The topological polar surface area (TPSA) is 72.2 Å². The van der Waals surface area contributed by atoms with E-state index in [0.717, 1.165) is 18.4 Å². The largest absolute Gasteiger partial charge is 0.325 e.